The molecule has 16 heavy (non-hydrogen) atoms. The summed E-state index contributed by atoms with van der Waals surface area (Å²) in [5.41, 5.74) is 0. The van der Waals surface area contributed by atoms with Gasteiger partial charge in [0, 0.05) is 11.8 Å². The van der Waals surface area contributed by atoms with Crippen LogP contribution in [0.4, 0.5) is 0 Å². The maximum atomic E-state index is 5.25. The van der Waals surface area contributed by atoms with Crippen molar-refractivity contribution in [2.24, 2.45) is 0 Å². The van der Waals surface area contributed by atoms with E-state index in [-0.39, 0.29) is 0 Å². The van der Waals surface area contributed by atoms with Gasteiger partial charge in [0.25, 0.3) is 0 Å². The minimum Gasteiger partial charge on any atom is -0.468 e. The van der Waals surface area contributed by atoms with Crippen LogP contribution in [0.3, 0.4) is 0 Å². The summed E-state index contributed by atoms with van der Waals surface area (Å²) < 4.78 is 6.64. The van der Waals surface area contributed by atoms with Crippen LogP contribution >= 0.6 is 23.1 Å². The smallest absolute Gasteiger partial charge is 0.117 e. The van der Waals surface area contributed by atoms with Crippen molar-refractivity contribution >= 4 is 23.1 Å². The lowest BCUT2D eigenvalue weighted by Crippen LogP contribution is -2.21. The molecule has 1 N–H and O–H groups in total. The Morgan fingerprint density at radius 1 is 1.44 bits per heavy atom. The molecular weight excluding hydrogens is 238 g/mol. The molecule has 0 bridgehead atoms. The largest absolute Gasteiger partial charge is 0.468 e. The van der Waals surface area contributed by atoms with Gasteiger partial charge in [0.05, 0.1) is 17.0 Å². The van der Waals surface area contributed by atoms with Gasteiger partial charge < -0.3 is 9.73 Å². The van der Waals surface area contributed by atoms with Crippen LogP contribution in [-0.4, -0.2) is 11.8 Å². The van der Waals surface area contributed by atoms with Crippen LogP contribution in [0.25, 0.3) is 0 Å². The summed E-state index contributed by atoms with van der Waals surface area (Å²) in [5.74, 6) is 0.994. The van der Waals surface area contributed by atoms with E-state index in [1.807, 2.05) is 23.9 Å². The Labute approximate surface area is 104 Å². The number of furan rings is 1. The van der Waals surface area contributed by atoms with Gasteiger partial charge in [-0.15, -0.1) is 23.1 Å². The molecule has 0 aromatic carbocycles. The first-order valence-electron chi connectivity index (χ1n) is 5.28. The fourth-order valence-corrected chi connectivity index (χ4v) is 3.47. The van der Waals surface area contributed by atoms with E-state index in [9.17, 15) is 0 Å². The highest BCUT2D eigenvalue weighted by molar-refractivity contribution is 8.01. The Morgan fingerprint density at radius 2 is 2.38 bits per heavy atom. The van der Waals surface area contributed by atoms with Crippen LogP contribution in [0.1, 0.15) is 12.7 Å². The van der Waals surface area contributed by atoms with Crippen molar-refractivity contribution in [1.29, 1.82) is 0 Å². The molecule has 0 fully saturated rings. The summed E-state index contributed by atoms with van der Waals surface area (Å²) in [6, 6.07) is 8.17. The quantitative estimate of drug-likeness (QED) is 0.796. The van der Waals surface area contributed by atoms with Gasteiger partial charge in [-0.3, -0.25) is 0 Å². The van der Waals surface area contributed by atoms with Gasteiger partial charge in [-0.25, -0.2) is 0 Å². The zero-order valence-electron chi connectivity index (χ0n) is 9.18. The average molecular weight is 253 g/mol. The van der Waals surface area contributed by atoms with Gasteiger partial charge in [-0.1, -0.05) is 13.0 Å². The Morgan fingerprint density at radius 3 is 3.06 bits per heavy atom. The van der Waals surface area contributed by atoms with Crippen molar-refractivity contribution in [3.05, 3.63) is 41.7 Å². The molecule has 2 heterocycles. The number of thiophene rings is 1. The molecule has 1 atom stereocenters. The van der Waals surface area contributed by atoms with Crippen LogP contribution in [0, 0.1) is 0 Å². The topological polar surface area (TPSA) is 25.2 Å². The predicted molar refractivity (Wildman–Crippen MR) is 70.1 cm³/mol. The number of hydrogen-bond acceptors (Lipinski definition) is 4. The molecule has 2 aromatic rings. The van der Waals surface area contributed by atoms with E-state index in [0.717, 1.165) is 18.8 Å². The SMILES string of the molecule is CC(CNCc1ccco1)Sc1cccs1. The zero-order valence-corrected chi connectivity index (χ0v) is 10.8. The number of nitrogens with one attached hydrogen (secondary N) is 1. The first kappa shape index (κ1) is 11.8. The van der Waals surface area contributed by atoms with Gasteiger partial charge in [-0.05, 0) is 23.6 Å². The fourth-order valence-electron chi connectivity index (χ4n) is 1.38. The molecule has 0 saturated heterocycles. The normalized spacial score (nSPS) is 12.8. The second kappa shape index (κ2) is 6.13. The van der Waals surface area contributed by atoms with Gasteiger partial charge in [0.2, 0.25) is 0 Å². The van der Waals surface area contributed by atoms with Crippen molar-refractivity contribution in [2.75, 3.05) is 6.54 Å². The van der Waals surface area contributed by atoms with Crippen LogP contribution < -0.4 is 5.32 Å². The molecule has 0 aliphatic rings. The molecule has 0 radical (unpaired) electrons. The predicted octanol–water partition coefficient (Wildman–Crippen LogP) is 3.61. The lowest BCUT2D eigenvalue weighted by molar-refractivity contribution is 0.484. The van der Waals surface area contributed by atoms with Crippen molar-refractivity contribution in [3.63, 3.8) is 0 Å². The standard InChI is InChI=1S/C12H15NOS2/c1-10(16-12-5-3-7-15-12)8-13-9-11-4-2-6-14-11/h2-7,10,13H,8-9H2,1H3. The highest BCUT2D eigenvalue weighted by Gasteiger charge is 2.05. The van der Waals surface area contributed by atoms with E-state index < -0.39 is 0 Å². The van der Waals surface area contributed by atoms with E-state index in [1.165, 1.54) is 4.21 Å². The molecule has 0 amide bonds. The Balaban J connectivity index is 1.66. The third-order valence-electron chi connectivity index (χ3n) is 2.12. The van der Waals surface area contributed by atoms with Crippen molar-refractivity contribution in [2.45, 2.75) is 22.9 Å². The lowest BCUT2D eigenvalue weighted by atomic mass is 10.4. The summed E-state index contributed by atoms with van der Waals surface area (Å²) in [6.45, 7) is 4.03. The van der Waals surface area contributed by atoms with E-state index in [2.05, 4.69) is 29.8 Å². The van der Waals surface area contributed by atoms with Crippen LogP contribution in [0.2, 0.25) is 0 Å². The number of rotatable bonds is 6. The molecule has 0 aliphatic carbocycles. The van der Waals surface area contributed by atoms with E-state index in [1.54, 1.807) is 17.6 Å². The highest BCUT2D eigenvalue weighted by Crippen LogP contribution is 2.27. The third-order valence-corrected chi connectivity index (χ3v) is 4.30. The Hall–Kier alpha value is -0.710. The summed E-state index contributed by atoms with van der Waals surface area (Å²) in [4.78, 5) is 0. The van der Waals surface area contributed by atoms with Gasteiger partial charge in [0.1, 0.15) is 5.76 Å². The number of hydrogen-bond donors (Lipinski definition) is 1. The van der Waals surface area contributed by atoms with Crippen molar-refractivity contribution in [1.82, 2.24) is 5.32 Å². The van der Waals surface area contributed by atoms with Crippen molar-refractivity contribution < 1.29 is 4.42 Å². The van der Waals surface area contributed by atoms with Gasteiger partial charge in [-0.2, -0.15) is 0 Å². The first-order valence-corrected chi connectivity index (χ1v) is 7.04. The van der Waals surface area contributed by atoms with Crippen LogP contribution in [-0.2, 0) is 6.54 Å². The van der Waals surface area contributed by atoms with E-state index in [4.69, 9.17) is 4.42 Å². The van der Waals surface area contributed by atoms with Crippen LogP contribution in [0.15, 0.2) is 44.5 Å². The summed E-state index contributed by atoms with van der Waals surface area (Å²) in [6.07, 6.45) is 1.71. The lowest BCUT2D eigenvalue weighted by Gasteiger charge is -2.10. The van der Waals surface area contributed by atoms with Gasteiger partial charge in [0.15, 0.2) is 0 Å². The maximum absolute atomic E-state index is 5.25. The molecule has 0 aliphatic heterocycles. The molecule has 0 saturated carbocycles. The molecule has 0 spiro atoms. The summed E-state index contributed by atoms with van der Waals surface area (Å²) in [7, 11) is 0. The Kier molecular flexibility index (Phi) is 4.51. The molecule has 86 valence electrons. The molecule has 2 aromatic heterocycles. The van der Waals surface area contributed by atoms with Crippen LogP contribution in [0.5, 0.6) is 0 Å². The molecule has 1 unspecified atom stereocenters. The third kappa shape index (κ3) is 3.70. The monoisotopic (exact) mass is 253 g/mol. The fraction of sp³-hybridized carbons (Fsp3) is 0.333. The minimum atomic E-state index is 0.577. The zero-order chi connectivity index (χ0) is 11.2. The number of thioether (sulfide) groups is 1. The molecule has 4 heteroatoms. The summed E-state index contributed by atoms with van der Waals surface area (Å²) in [5, 5.41) is 6.08. The minimum absolute atomic E-state index is 0.577. The molecule has 2 nitrogen and oxygen atoms in total. The second-order valence-corrected chi connectivity index (χ2v) is 6.26. The average Bonchev–Trinajstić information content (AvgIpc) is 2.90. The van der Waals surface area contributed by atoms with Crippen molar-refractivity contribution in [3.8, 4) is 0 Å². The van der Waals surface area contributed by atoms with Gasteiger partial charge >= 0.3 is 0 Å². The first-order chi connectivity index (χ1) is 7.84. The highest BCUT2D eigenvalue weighted by atomic mass is 32.2. The van der Waals surface area contributed by atoms with E-state index in [0.29, 0.717) is 5.25 Å². The van der Waals surface area contributed by atoms with E-state index >= 15 is 0 Å². The maximum Gasteiger partial charge on any atom is 0.117 e. The molecular formula is C12H15NOS2. The second-order valence-electron chi connectivity index (χ2n) is 3.57. The Bertz CT molecular complexity index is 383. The summed E-state index contributed by atoms with van der Waals surface area (Å²) >= 11 is 3.71. The molecule has 2 rings (SSSR count).